The van der Waals surface area contributed by atoms with Gasteiger partial charge in [-0.05, 0) is 50.6 Å². The number of furan rings is 1. The van der Waals surface area contributed by atoms with Gasteiger partial charge in [0.2, 0.25) is 15.9 Å². The maximum Gasteiger partial charge on any atom is 0.286 e. The van der Waals surface area contributed by atoms with E-state index in [1.54, 1.807) is 18.2 Å². The van der Waals surface area contributed by atoms with Gasteiger partial charge in [0, 0.05) is 26.1 Å². The van der Waals surface area contributed by atoms with Crippen LogP contribution in [0.4, 0.5) is 5.69 Å². The van der Waals surface area contributed by atoms with Gasteiger partial charge in [0.1, 0.15) is 5.75 Å². The standard InChI is InChI=1S/C22H29N3O7S/c1-16(2)32-19-8-7-17(33(28,29)25-10-13-30-14-11-25)15-18(19)24-21(26)6-3-9-23-22(27)20-5-4-12-31-20/h4-5,7-8,12,15-16H,3,6,9-11,13-14H2,1-2H3,(H,23,27)(H,24,26). The van der Waals surface area contributed by atoms with Crippen molar-refractivity contribution in [2.75, 3.05) is 38.2 Å². The van der Waals surface area contributed by atoms with Crippen LogP contribution in [-0.2, 0) is 19.6 Å². The van der Waals surface area contributed by atoms with Crippen LogP contribution < -0.4 is 15.4 Å². The van der Waals surface area contributed by atoms with Gasteiger partial charge >= 0.3 is 0 Å². The van der Waals surface area contributed by atoms with E-state index in [0.717, 1.165) is 0 Å². The number of carbonyl (C=O) groups excluding carboxylic acids is 2. The van der Waals surface area contributed by atoms with Crippen molar-refractivity contribution in [1.82, 2.24) is 9.62 Å². The zero-order chi connectivity index (χ0) is 23.8. The molecule has 2 heterocycles. The highest BCUT2D eigenvalue weighted by Gasteiger charge is 2.27. The molecule has 0 aliphatic carbocycles. The molecular weight excluding hydrogens is 450 g/mol. The minimum absolute atomic E-state index is 0.0708. The van der Waals surface area contributed by atoms with Crippen LogP contribution in [-0.4, -0.2) is 63.5 Å². The van der Waals surface area contributed by atoms with Gasteiger partial charge in [0.25, 0.3) is 5.91 Å². The Hall–Kier alpha value is -2.89. The number of rotatable bonds is 10. The number of morpholine rings is 1. The van der Waals surface area contributed by atoms with Gasteiger partial charge < -0.3 is 24.5 Å². The van der Waals surface area contributed by atoms with Crippen molar-refractivity contribution in [2.45, 2.75) is 37.7 Å². The maximum absolute atomic E-state index is 13.0. The molecule has 2 N–H and O–H groups in total. The van der Waals surface area contributed by atoms with E-state index in [1.165, 1.54) is 22.7 Å². The first-order valence-electron chi connectivity index (χ1n) is 10.8. The van der Waals surface area contributed by atoms with Gasteiger partial charge in [-0.25, -0.2) is 8.42 Å². The second kappa shape index (κ2) is 11.3. The lowest BCUT2D eigenvalue weighted by Gasteiger charge is -2.26. The molecule has 0 spiro atoms. The number of sulfonamides is 1. The van der Waals surface area contributed by atoms with Crippen LogP contribution in [0.1, 0.15) is 37.2 Å². The molecule has 3 rings (SSSR count). The molecule has 0 radical (unpaired) electrons. The lowest BCUT2D eigenvalue weighted by atomic mass is 10.2. The third-order valence-corrected chi connectivity index (χ3v) is 6.70. The molecule has 2 aromatic rings. The Morgan fingerprint density at radius 1 is 1.18 bits per heavy atom. The highest BCUT2D eigenvalue weighted by atomic mass is 32.2. The molecule has 0 bridgehead atoms. The first-order valence-corrected chi connectivity index (χ1v) is 12.2. The Kier molecular flexibility index (Phi) is 8.48. The van der Waals surface area contributed by atoms with Gasteiger partial charge in [-0.15, -0.1) is 0 Å². The number of anilines is 1. The lowest BCUT2D eigenvalue weighted by Crippen LogP contribution is -2.40. The smallest absolute Gasteiger partial charge is 0.286 e. The van der Waals surface area contributed by atoms with Crippen LogP contribution in [0.3, 0.4) is 0 Å². The summed E-state index contributed by atoms with van der Waals surface area (Å²) in [6.45, 7) is 5.20. The van der Waals surface area contributed by atoms with Gasteiger partial charge in [0.15, 0.2) is 5.76 Å². The summed E-state index contributed by atoms with van der Waals surface area (Å²) < 4.78 is 43.4. The normalized spacial score (nSPS) is 14.8. The Bertz CT molecular complexity index is 1050. The summed E-state index contributed by atoms with van der Waals surface area (Å²) in [5, 5.41) is 5.42. The molecule has 1 aromatic carbocycles. The summed E-state index contributed by atoms with van der Waals surface area (Å²) in [6, 6.07) is 7.61. The summed E-state index contributed by atoms with van der Waals surface area (Å²) in [7, 11) is -3.73. The zero-order valence-electron chi connectivity index (χ0n) is 18.7. The summed E-state index contributed by atoms with van der Waals surface area (Å²) >= 11 is 0. The molecule has 0 unspecified atom stereocenters. The van der Waals surface area contributed by atoms with Crippen molar-refractivity contribution in [2.24, 2.45) is 0 Å². The first kappa shape index (κ1) is 24.7. The van der Waals surface area contributed by atoms with Crippen molar-refractivity contribution in [3.8, 4) is 5.75 Å². The van der Waals surface area contributed by atoms with E-state index in [2.05, 4.69) is 10.6 Å². The number of hydrogen-bond acceptors (Lipinski definition) is 7. The van der Waals surface area contributed by atoms with E-state index >= 15 is 0 Å². The highest BCUT2D eigenvalue weighted by molar-refractivity contribution is 7.89. The average Bonchev–Trinajstić information content (AvgIpc) is 3.33. The summed E-state index contributed by atoms with van der Waals surface area (Å²) in [4.78, 5) is 24.4. The van der Waals surface area contributed by atoms with Crippen LogP contribution >= 0.6 is 0 Å². The predicted octanol–water partition coefficient (Wildman–Crippen LogP) is 2.24. The molecule has 10 nitrogen and oxygen atoms in total. The number of nitrogens with one attached hydrogen (secondary N) is 2. The topological polar surface area (TPSA) is 127 Å². The van der Waals surface area contributed by atoms with Crippen LogP contribution in [0.15, 0.2) is 45.9 Å². The molecule has 0 saturated carbocycles. The Balaban J connectivity index is 1.64. The van der Waals surface area contributed by atoms with E-state index in [-0.39, 0.29) is 60.3 Å². The van der Waals surface area contributed by atoms with Crippen LogP contribution in [0, 0.1) is 0 Å². The molecule has 33 heavy (non-hydrogen) atoms. The molecular formula is C22H29N3O7S. The van der Waals surface area contributed by atoms with Gasteiger partial charge in [0.05, 0.1) is 36.2 Å². The second-order valence-electron chi connectivity index (χ2n) is 7.73. The minimum Gasteiger partial charge on any atom is -0.489 e. The fourth-order valence-corrected chi connectivity index (χ4v) is 4.65. The van der Waals surface area contributed by atoms with E-state index < -0.39 is 10.0 Å². The summed E-state index contributed by atoms with van der Waals surface area (Å²) in [5.74, 6) is -0.0931. The molecule has 180 valence electrons. The second-order valence-corrected chi connectivity index (χ2v) is 9.66. The number of amides is 2. The summed E-state index contributed by atoms with van der Waals surface area (Å²) in [5.41, 5.74) is 0.280. The third kappa shape index (κ3) is 6.80. The Morgan fingerprint density at radius 3 is 2.61 bits per heavy atom. The number of hydrogen-bond donors (Lipinski definition) is 2. The molecule has 1 aromatic heterocycles. The third-order valence-electron chi connectivity index (χ3n) is 4.81. The molecule has 11 heteroatoms. The molecule has 2 amide bonds. The van der Waals surface area contributed by atoms with Crippen LogP contribution in [0.5, 0.6) is 5.75 Å². The number of carbonyl (C=O) groups is 2. The Labute approximate surface area is 193 Å². The zero-order valence-corrected chi connectivity index (χ0v) is 19.5. The van der Waals surface area contributed by atoms with E-state index in [1.807, 2.05) is 13.8 Å². The van der Waals surface area contributed by atoms with Gasteiger partial charge in [-0.3, -0.25) is 9.59 Å². The fourth-order valence-electron chi connectivity index (χ4n) is 3.22. The van der Waals surface area contributed by atoms with Crippen molar-refractivity contribution < 1.29 is 31.9 Å². The lowest BCUT2D eigenvalue weighted by molar-refractivity contribution is -0.116. The largest absolute Gasteiger partial charge is 0.489 e. The number of ether oxygens (including phenoxy) is 2. The first-order chi connectivity index (χ1) is 15.8. The predicted molar refractivity (Wildman–Crippen MR) is 121 cm³/mol. The van der Waals surface area contributed by atoms with Gasteiger partial charge in [-0.1, -0.05) is 0 Å². The van der Waals surface area contributed by atoms with E-state index in [9.17, 15) is 18.0 Å². The molecule has 1 fully saturated rings. The maximum atomic E-state index is 13.0. The highest BCUT2D eigenvalue weighted by Crippen LogP contribution is 2.30. The van der Waals surface area contributed by atoms with Crippen molar-refractivity contribution in [3.05, 3.63) is 42.4 Å². The fraction of sp³-hybridized carbons (Fsp3) is 0.455. The monoisotopic (exact) mass is 479 g/mol. The van der Waals surface area contributed by atoms with Crippen LogP contribution in [0.25, 0.3) is 0 Å². The number of benzene rings is 1. The van der Waals surface area contributed by atoms with E-state index in [0.29, 0.717) is 25.4 Å². The van der Waals surface area contributed by atoms with Crippen molar-refractivity contribution in [1.29, 1.82) is 0 Å². The number of nitrogens with zero attached hydrogens (tertiary/aromatic N) is 1. The molecule has 1 aliphatic rings. The molecule has 1 saturated heterocycles. The van der Waals surface area contributed by atoms with Crippen molar-refractivity contribution >= 4 is 27.5 Å². The van der Waals surface area contributed by atoms with Crippen LogP contribution in [0.2, 0.25) is 0 Å². The van der Waals surface area contributed by atoms with Crippen molar-refractivity contribution in [3.63, 3.8) is 0 Å². The average molecular weight is 480 g/mol. The summed E-state index contributed by atoms with van der Waals surface area (Å²) in [6.07, 6.45) is 1.76. The minimum atomic E-state index is -3.73. The molecule has 1 aliphatic heterocycles. The SMILES string of the molecule is CC(C)Oc1ccc(S(=O)(=O)N2CCOCC2)cc1NC(=O)CCCNC(=O)c1ccco1. The van der Waals surface area contributed by atoms with Gasteiger partial charge in [-0.2, -0.15) is 4.31 Å². The molecule has 0 atom stereocenters. The quantitative estimate of drug-likeness (QED) is 0.500. The Morgan fingerprint density at radius 2 is 1.94 bits per heavy atom. The van der Waals surface area contributed by atoms with E-state index in [4.69, 9.17) is 13.9 Å².